The van der Waals surface area contributed by atoms with Crippen LogP contribution in [0.3, 0.4) is 0 Å². The summed E-state index contributed by atoms with van der Waals surface area (Å²) in [5, 5.41) is 0. The SMILES string of the molecule is O=[C-]C12CC3CC(CC(C3)C1)C2.[Cl][Ru][Cl]. The monoisotopic (exact) mass is 335 g/mol. The molecule has 88 valence electrons. The zero-order valence-electron chi connectivity index (χ0n) is 8.49. The van der Waals surface area contributed by atoms with Crippen LogP contribution in [-0.2, 0) is 19.9 Å². The third-order valence-electron chi connectivity index (χ3n) is 4.25. The van der Waals surface area contributed by atoms with Crippen LogP contribution in [0.1, 0.15) is 38.5 Å². The third-order valence-corrected chi connectivity index (χ3v) is 4.25. The molecule has 0 amide bonds. The zero-order chi connectivity index (χ0) is 10.9. The molecule has 4 rings (SSSR count). The van der Waals surface area contributed by atoms with E-state index in [1.54, 1.807) is 0 Å². The molecule has 0 heterocycles. The second-order valence-electron chi connectivity index (χ2n) is 5.35. The van der Waals surface area contributed by atoms with Crippen molar-refractivity contribution in [3.63, 3.8) is 0 Å². The molecule has 4 fully saturated rings. The first-order valence-electron chi connectivity index (χ1n) is 5.46. The quantitative estimate of drug-likeness (QED) is 0.528. The van der Waals surface area contributed by atoms with Crippen LogP contribution in [0.25, 0.3) is 0 Å². The third kappa shape index (κ3) is 2.59. The van der Waals surface area contributed by atoms with Gasteiger partial charge in [-0.1, -0.05) is 19.3 Å². The van der Waals surface area contributed by atoms with E-state index in [4.69, 9.17) is 19.4 Å². The van der Waals surface area contributed by atoms with E-state index in [9.17, 15) is 4.79 Å². The number of halogens is 2. The van der Waals surface area contributed by atoms with Gasteiger partial charge in [0.15, 0.2) is 0 Å². The average molecular weight is 335 g/mol. The summed E-state index contributed by atoms with van der Waals surface area (Å²) in [6, 6.07) is 0. The maximum absolute atomic E-state index is 10.9. The fraction of sp³-hybridized carbons (Fsp3) is 0.909. The summed E-state index contributed by atoms with van der Waals surface area (Å²) < 4.78 is 0. The minimum atomic E-state index is -0.346. The molecule has 0 spiro atoms. The summed E-state index contributed by atoms with van der Waals surface area (Å²) in [6.07, 6.45) is 10.1. The second kappa shape index (κ2) is 5.02. The van der Waals surface area contributed by atoms with E-state index in [1.165, 1.54) is 38.5 Å². The molecule has 1 nitrogen and oxygen atoms in total. The van der Waals surface area contributed by atoms with Crippen molar-refractivity contribution in [2.24, 2.45) is 23.2 Å². The molecule has 4 heteroatoms. The molecule has 0 atom stereocenters. The molecular weight excluding hydrogens is 320 g/mol. The minimum absolute atomic E-state index is 0.0365. The number of hydrogen-bond donors (Lipinski definition) is 0. The van der Waals surface area contributed by atoms with E-state index in [1.807, 2.05) is 0 Å². The van der Waals surface area contributed by atoms with E-state index in [2.05, 4.69) is 6.29 Å². The first-order chi connectivity index (χ1) is 7.21. The Morgan fingerprint density at radius 2 is 1.33 bits per heavy atom. The predicted molar refractivity (Wildman–Crippen MR) is 58.0 cm³/mol. The first kappa shape index (κ1) is 12.3. The van der Waals surface area contributed by atoms with Gasteiger partial charge in [0, 0.05) is 0 Å². The van der Waals surface area contributed by atoms with Gasteiger partial charge in [-0.2, -0.15) is 0 Å². The molecule has 0 aromatic rings. The van der Waals surface area contributed by atoms with Gasteiger partial charge in [0.25, 0.3) is 0 Å². The molecule has 0 unspecified atom stereocenters. The van der Waals surface area contributed by atoms with Crippen LogP contribution in [-0.4, -0.2) is 6.29 Å². The van der Waals surface area contributed by atoms with Crippen LogP contribution in [0.2, 0.25) is 0 Å². The van der Waals surface area contributed by atoms with Crippen LogP contribution in [0, 0.1) is 23.2 Å². The van der Waals surface area contributed by atoms with Gasteiger partial charge in [-0.3, -0.25) is 6.29 Å². The van der Waals surface area contributed by atoms with E-state index in [0.717, 1.165) is 17.8 Å². The van der Waals surface area contributed by atoms with Crippen molar-refractivity contribution in [1.82, 2.24) is 0 Å². The Balaban J connectivity index is 0.000000258. The summed E-state index contributed by atoms with van der Waals surface area (Å²) in [5.41, 5.74) is 0.0365. The van der Waals surface area contributed by atoms with Crippen LogP contribution in [0.4, 0.5) is 0 Å². The van der Waals surface area contributed by atoms with Gasteiger partial charge in [-0.15, -0.1) is 5.41 Å². The van der Waals surface area contributed by atoms with Gasteiger partial charge >= 0.3 is 34.5 Å². The van der Waals surface area contributed by atoms with Gasteiger partial charge in [0.2, 0.25) is 0 Å². The van der Waals surface area contributed by atoms with E-state index in [-0.39, 0.29) is 20.6 Å². The van der Waals surface area contributed by atoms with Gasteiger partial charge in [-0.25, -0.2) is 0 Å². The predicted octanol–water partition coefficient (Wildman–Crippen LogP) is 3.69. The van der Waals surface area contributed by atoms with Crippen LogP contribution >= 0.6 is 19.4 Å². The summed E-state index contributed by atoms with van der Waals surface area (Å²) in [5.74, 6) is 2.66. The van der Waals surface area contributed by atoms with Crippen molar-refractivity contribution >= 4 is 25.7 Å². The summed E-state index contributed by atoms with van der Waals surface area (Å²) in [4.78, 5) is 10.9. The van der Waals surface area contributed by atoms with Crippen molar-refractivity contribution in [2.75, 3.05) is 0 Å². The van der Waals surface area contributed by atoms with Crippen LogP contribution < -0.4 is 0 Å². The molecule has 0 radical (unpaired) electrons. The molecule has 0 saturated heterocycles. The molecule has 4 aliphatic rings. The van der Waals surface area contributed by atoms with Gasteiger partial charge in [-0.05, 0) is 37.0 Å². The van der Waals surface area contributed by atoms with Gasteiger partial charge in [0.1, 0.15) is 0 Å². The molecule has 0 aromatic carbocycles. The maximum atomic E-state index is 10.9. The van der Waals surface area contributed by atoms with Gasteiger partial charge in [0.05, 0.1) is 0 Å². The molecule has 4 aliphatic carbocycles. The average Bonchev–Trinajstić information content (AvgIpc) is 2.17. The van der Waals surface area contributed by atoms with Crippen molar-refractivity contribution in [1.29, 1.82) is 0 Å². The summed E-state index contributed by atoms with van der Waals surface area (Å²) >= 11 is -0.346. The van der Waals surface area contributed by atoms with E-state index in [0.29, 0.717) is 0 Å². The molecule has 4 saturated carbocycles. The molecule has 15 heavy (non-hydrogen) atoms. The zero-order valence-corrected chi connectivity index (χ0v) is 11.7. The molecule has 0 aliphatic heterocycles. The van der Waals surface area contributed by atoms with Crippen molar-refractivity contribution in [3.05, 3.63) is 0 Å². The Labute approximate surface area is 107 Å². The molecule has 0 aromatic heterocycles. The van der Waals surface area contributed by atoms with Crippen molar-refractivity contribution in [2.45, 2.75) is 38.5 Å². The van der Waals surface area contributed by atoms with Crippen molar-refractivity contribution in [3.8, 4) is 0 Å². The topological polar surface area (TPSA) is 17.1 Å². The Bertz CT molecular complexity index is 209. The Hall–Kier alpha value is 0.873. The fourth-order valence-electron chi connectivity index (χ4n) is 4.24. The Morgan fingerprint density at radius 1 is 1.00 bits per heavy atom. The Morgan fingerprint density at radius 3 is 1.60 bits per heavy atom. The number of carbonyl (C=O) groups excluding carboxylic acids is 1. The van der Waals surface area contributed by atoms with Gasteiger partial charge < -0.3 is 4.79 Å². The standard InChI is InChI=1S/C11H15O.2ClH.Ru/c12-7-11-4-8-1-9(5-11)3-10(2-8)6-11;;;/h8-10H,1-6H2;2*1H;/q-1;;;+2/p-2. The normalized spacial score (nSPS) is 46.1. The number of rotatable bonds is 1. The Kier molecular flexibility index (Phi) is 4.13. The van der Waals surface area contributed by atoms with E-state index >= 15 is 0 Å². The molecule has 4 bridgehead atoms. The first-order valence-corrected chi connectivity index (χ1v) is 9.93. The fourth-order valence-corrected chi connectivity index (χ4v) is 4.24. The van der Waals surface area contributed by atoms with Crippen LogP contribution in [0.15, 0.2) is 0 Å². The second-order valence-corrected chi connectivity index (χ2v) is 7.99. The summed E-state index contributed by atoms with van der Waals surface area (Å²) in [7, 11) is 9.71. The number of hydrogen-bond acceptors (Lipinski definition) is 1. The summed E-state index contributed by atoms with van der Waals surface area (Å²) in [6.45, 7) is 0. The molecular formula is C11H15Cl2ORu-. The van der Waals surface area contributed by atoms with E-state index < -0.39 is 0 Å². The molecule has 0 N–H and O–H groups in total. The van der Waals surface area contributed by atoms with Crippen LogP contribution in [0.5, 0.6) is 0 Å². The van der Waals surface area contributed by atoms with Crippen molar-refractivity contribution < 1.29 is 19.9 Å².